The zero-order valence-corrected chi connectivity index (χ0v) is 13.6. The minimum absolute atomic E-state index is 0.416. The van der Waals surface area contributed by atoms with Crippen molar-refractivity contribution < 1.29 is 4.74 Å². The summed E-state index contributed by atoms with van der Waals surface area (Å²) >= 11 is 6.34. The average molecular weight is 304 g/mol. The third-order valence-corrected chi connectivity index (χ3v) is 3.61. The maximum absolute atomic E-state index is 6.34. The van der Waals surface area contributed by atoms with Gasteiger partial charge in [-0.25, -0.2) is 0 Å². The third-order valence-electron chi connectivity index (χ3n) is 3.31. The molecular formula is C18H22ClNO. The molecule has 2 aromatic carbocycles. The predicted molar refractivity (Wildman–Crippen MR) is 89.3 cm³/mol. The summed E-state index contributed by atoms with van der Waals surface area (Å²) in [6, 6.07) is 14.4. The Kier molecular flexibility index (Phi) is 5.66. The van der Waals surface area contributed by atoms with Gasteiger partial charge < -0.3 is 10.1 Å². The zero-order valence-electron chi connectivity index (χ0n) is 12.8. The summed E-state index contributed by atoms with van der Waals surface area (Å²) in [7, 11) is 0. The number of aryl methyl sites for hydroxylation is 1. The second-order valence-corrected chi connectivity index (χ2v) is 5.73. The van der Waals surface area contributed by atoms with Crippen molar-refractivity contribution in [2.45, 2.75) is 39.8 Å². The van der Waals surface area contributed by atoms with Crippen LogP contribution in [0.2, 0.25) is 5.02 Å². The van der Waals surface area contributed by atoms with E-state index < -0.39 is 0 Å². The summed E-state index contributed by atoms with van der Waals surface area (Å²) in [5, 5.41) is 4.05. The lowest BCUT2D eigenvalue weighted by Crippen LogP contribution is -2.22. The lowest BCUT2D eigenvalue weighted by Gasteiger charge is -2.16. The molecule has 2 rings (SSSR count). The molecule has 0 saturated heterocycles. The molecule has 112 valence electrons. The number of halogens is 1. The first kappa shape index (κ1) is 15.9. The highest BCUT2D eigenvalue weighted by Gasteiger charge is 2.11. The summed E-state index contributed by atoms with van der Waals surface area (Å²) in [6.07, 6.45) is 0.931. The molecular weight excluding hydrogens is 282 g/mol. The molecule has 0 unspecified atom stereocenters. The van der Waals surface area contributed by atoms with E-state index in [1.807, 2.05) is 36.4 Å². The molecule has 0 bridgehead atoms. The molecule has 0 fully saturated rings. The van der Waals surface area contributed by atoms with Crippen LogP contribution in [0.1, 0.15) is 31.9 Å². The van der Waals surface area contributed by atoms with Crippen LogP contribution in [0.15, 0.2) is 42.5 Å². The van der Waals surface area contributed by atoms with Gasteiger partial charge in [-0.1, -0.05) is 62.7 Å². The number of benzene rings is 2. The van der Waals surface area contributed by atoms with E-state index in [2.05, 4.69) is 32.2 Å². The molecule has 0 heterocycles. The van der Waals surface area contributed by atoms with Crippen molar-refractivity contribution >= 4 is 11.6 Å². The molecule has 0 aliphatic heterocycles. The maximum Gasteiger partial charge on any atom is 0.150 e. The number of rotatable bonds is 6. The van der Waals surface area contributed by atoms with E-state index in [0.29, 0.717) is 11.1 Å². The van der Waals surface area contributed by atoms with Crippen molar-refractivity contribution in [3.63, 3.8) is 0 Å². The monoisotopic (exact) mass is 303 g/mol. The van der Waals surface area contributed by atoms with Gasteiger partial charge in [0, 0.05) is 18.2 Å². The third kappa shape index (κ3) is 4.23. The highest BCUT2D eigenvalue weighted by Crippen LogP contribution is 2.34. The van der Waals surface area contributed by atoms with E-state index in [4.69, 9.17) is 16.3 Å². The van der Waals surface area contributed by atoms with Crippen LogP contribution in [0.25, 0.3) is 0 Å². The zero-order chi connectivity index (χ0) is 15.2. The SMILES string of the molecule is CCc1ccccc1Oc1c(Cl)cccc1CNC(C)C. The summed E-state index contributed by atoms with van der Waals surface area (Å²) in [5.74, 6) is 1.62. The van der Waals surface area contributed by atoms with E-state index in [1.165, 1.54) is 5.56 Å². The number of ether oxygens (including phenoxy) is 1. The van der Waals surface area contributed by atoms with Crippen LogP contribution < -0.4 is 10.1 Å². The summed E-state index contributed by atoms with van der Waals surface area (Å²) in [6.45, 7) is 7.10. The lowest BCUT2D eigenvalue weighted by atomic mass is 10.1. The Hall–Kier alpha value is -1.51. The number of para-hydroxylation sites is 2. The second-order valence-electron chi connectivity index (χ2n) is 5.33. The van der Waals surface area contributed by atoms with Gasteiger partial charge in [-0.2, -0.15) is 0 Å². The topological polar surface area (TPSA) is 21.3 Å². The number of nitrogens with one attached hydrogen (secondary N) is 1. The van der Waals surface area contributed by atoms with Gasteiger partial charge in [-0.3, -0.25) is 0 Å². The highest BCUT2D eigenvalue weighted by molar-refractivity contribution is 6.32. The molecule has 1 N–H and O–H groups in total. The van der Waals surface area contributed by atoms with Gasteiger partial charge >= 0.3 is 0 Å². The van der Waals surface area contributed by atoms with Gasteiger partial charge in [-0.05, 0) is 24.1 Å². The number of hydrogen-bond donors (Lipinski definition) is 1. The van der Waals surface area contributed by atoms with Gasteiger partial charge in [0.25, 0.3) is 0 Å². The van der Waals surface area contributed by atoms with Crippen molar-refractivity contribution in [1.82, 2.24) is 5.32 Å². The van der Waals surface area contributed by atoms with Crippen molar-refractivity contribution in [3.8, 4) is 11.5 Å². The highest BCUT2D eigenvalue weighted by atomic mass is 35.5. The van der Waals surface area contributed by atoms with Gasteiger partial charge in [0.2, 0.25) is 0 Å². The van der Waals surface area contributed by atoms with Crippen LogP contribution in [-0.4, -0.2) is 6.04 Å². The average Bonchev–Trinajstić information content (AvgIpc) is 2.48. The molecule has 2 aromatic rings. The fourth-order valence-corrected chi connectivity index (χ4v) is 2.36. The first-order valence-corrected chi connectivity index (χ1v) is 7.76. The van der Waals surface area contributed by atoms with Crippen molar-refractivity contribution in [2.75, 3.05) is 0 Å². The summed E-state index contributed by atoms with van der Waals surface area (Å²) < 4.78 is 6.12. The Morgan fingerprint density at radius 2 is 1.76 bits per heavy atom. The minimum atomic E-state index is 0.416. The largest absolute Gasteiger partial charge is 0.455 e. The molecule has 3 heteroatoms. The van der Waals surface area contributed by atoms with E-state index >= 15 is 0 Å². The van der Waals surface area contributed by atoms with E-state index in [9.17, 15) is 0 Å². The molecule has 0 radical (unpaired) electrons. The fraction of sp³-hybridized carbons (Fsp3) is 0.333. The van der Waals surface area contributed by atoms with E-state index in [1.54, 1.807) is 0 Å². The normalized spacial score (nSPS) is 10.9. The van der Waals surface area contributed by atoms with E-state index in [-0.39, 0.29) is 0 Å². The predicted octanol–water partition coefficient (Wildman–Crippen LogP) is 5.19. The Morgan fingerprint density at radius 3 is 2.48 bits per heavy atom. The van der Waals surface area contributed by atoms with Crippen LogP contribution in [0.4, 0.5) is 0 Å². The first-order chi connectivity index (χ1) is 10.1. The van der Waals surface area contributed by atoms with E-state index in [0.717, 1.165) is 30.0 Å². The fourth-order valence-electron chi connectivity index (χ4n) is 2.13. The van der Waals surface area contributed by atoms with Gasteiger partial charge in [0.05, 0.1) is 5.02 Å². The van der Waals surface area contributed by atoms with Crippen molar-refractivity contribution in [3.05, 3.63) is 58.6 Å². The maximum atomic E-state index is 6.34. The molecule has 0 saturated carbocycles. The van der Waals surface area contributed by atoms with Crippen molar-refractivity contribution in [1.29, 1.82) is 0 Å². The quantitative estimate of drug-likeness (QED) is 0.792. The molecule has 21 heavy (non-hydrogen) atoms. The Morgan fingerprint density at radius 1 is 1.05 bits per heavy atom. The summed E-state index contributed by atoms with van der Waals surface area (Å²) in [4.78, 5) is 0. The van der Waals surface area contributed by atoms with Gasteiger partial charge in [0.15, 0.2) is 5.75 Å². The molecule has 0 atom stereocenters. The molecule has 0 aliphatic carbocycles. The van der Waals surface area contributed by atoms with Crippen LogP contribution in [0, 0.1) is 0 Å². The van der Waals surface area contributed by atoms with Crippen molar-refractivity contribution in [2.24, 2.45) is 0 Å². The lowest BCUT2D eigenvalue weighted by molar-refractivity contribution is 0.464. The molecule has 2 nitrogen and oxygen atoms in total. The smallest absolute Gasteiger partial charge is 0.150 e. The van der Waals surface area contributed by atoms with Crippen LogP contribution in [-0.2, 0) is 13.0 Å². The van der Waals surface area contributed by atoms with Crippen LogP contribution in [0.5, 0.6) is 11.5 Å². The van der Waals surface area contributed by atoms with Gasteiger partial charge in [0.1, 0.15) is 5.75 Å². The Bertz CT molecular complexity index is 596. The molecule has 0 aliphatic rings. The molecule has 0 amide bonds. The summed E-state index contributed by atoms with van der Waals surface area (Å²) in [5.41, 5.74) is 2.25. The standard InChI is InChI=1S/C18H22ClNO/c1-4-14-8-5-6-11-17(14)21-18-15(12-20-13(2)3)9-7-10-16(18)19/h5-11,13,20H,4,12H2,1-3H3. The second kappa shape index (κ2) is 7.48. The van der Waals surface area contributed by atoms with Gasteiger partial charge in [-0.15, -0.1) is 0 Å². The Labute approximate surface area is 132 Å². The molecule has 0 aromatic heterocycles. The van der Waals surface area contributed by atoms with Crippen LogP contribution in [0.3, 0.4) is 0 Å². The minimum Gasteiger partial charge on any atom is -0.455 e. The molecule has 0 spiro atoms. The van der Waals surface area contributed by atoms with Crippen LogP contribution >= 0.6 is 11.6 Å². The first-order valence-electron chi connectivity index (χ1n) is 7.38. The Balaban J connectivity index is 2.30. The number of hydrogen-bond acceptors (Lipinski definition) is 2.